The van der Waals surface area contributed by atoms with Gasteiger partial charge in [-0.2, -0.15) is 0 Å². The van der Waals surface area contributed by atoms with Gasteiger partial charge in [-0.05, 0) is 30.7 Å². The van der Waals surface area contributed by atoms with Crippen molar-refractivity contribution in [3.05, 3.63) is 23.8 Å². The van der Waals surface area contributed by atoms with Gasteiger partial charge >= 0.3 is 5.97 Å². The fourth-order valence-electron chi connectivity index (χ4n) is 1.65. The molecule has 0 spiro atoms. The van der Waals surface area contributed by atoms with Crippen molar-refractivity contribution in [2.75, 3.05) is 13.1 Å². The summed E-state index contributed by atoms with van der Waals surface area (Å²) < 4.78 is 0. The molecule has 0 fully saturated rings. The van der Waals surface area contributed by atoms with E-state index in [0.717, 1.165) is 12.0 Å². The van der Waals surface area contributed by atoms with Crippen molar-refractivity contribution in [1.82, 2.24) is 4.90 Å². The van der Waals surface area contributed by atoms with Gasteiger partial charge in [0.05, 0.1) is 6.54 Å². The van der Waals surface area contributed by atoms with E-state index in [0.29, 0.717) is 13.1 Å². The molecular weight excluding hydrogens is 222 g/mol. The van der Waals surface area contributed by atoms with Gasteiger partial charge < -0.3 is 15.3 Å². The van der Waals surface area contributed by atoms with Gasteiger partial charge in [0, 0.05) is 6.54 Å². The maximum absolute atomic E-state index is 10.7. The third-order valence-corrected chi connectivity index (χ3v) is 2.34. The number of phenolic OH excluding ortho intramolecular Hbond substituents is 2. The molecule has 0 unspecified atom stereocenters. The highest BCUT2D eigenvalue weighted by atomic mass is 16.4. The maximum Gasteiger partial charge on any atom is 0.317 e. The van der Waals surface area contributed by atoms with E-state index in [4.69, 9.17) is 10.2 Å². The molecule has 0 aliphatic rings. The molecule has 0 heterocycles. The van der Waals surface area contributed by atoms with Crippen molar-refractivity contribution in [3.63, 3.8) is 0 Å². The molecule has 17 heavy (non-hydrogen) atoms. The normalized spacial score (nSPS) is 10.7. The molecule has 0 radical (unpaired) electrons. The van der Waals surface area contributed by atoms with Crippen LogP contribution in [0.15, 0.2) is 18.2 Å². The lowest BCUT2D eigenvalue weighted by Gasteiger charge is -2.19. The molecule has 0 bridgehead atoms. The van der Waals surface area contributed by atoms with Crippen molar-refractivity contribution in [2.24, 2.45) is 0 Å². The second-order valence-electron chi connectivity index (χ2n) is 3.93. The minimum absolute atomic E-state index is 0.0323. The smallest absolute Gasteiger partial charge is 0.317 e. The van der Waals surface area contributed by atoms with Gasteiger partial charge in [-0.15, -0.1) is 0 Å². The highest BCUT2D eigenvalue weighted by molar-refractivity contribution is 5.69. The molecule has 0 atom stereocenters. The van der Waals surface area contributed by atoms with E-state index >= 15 is 0 Å². The van der Waals surface area contributed by atoms with E-state index in [1.807, 2.05) is 6.92 Å². The van der Waals surface area contributed by atoms with Gasteiger partial charge in [0.15, 0.2) is 11.5 Å². The Labute approximate surface area is 99.9 Å². The molecule has 5 heteroatoms. The summed E-state index contributed by atoms with van der Waals surface area (Å²) in [5, 5.41) is 27.3. The number of carboxylic acids is 1. The third kappa shape index (κ3) is 4.32. The lowest BCUT2D eigenvalue weighted by molar-refractivity contribution is -0.138. The summed E-state index contributed by atoms with van der Waals surface area (Å²) in [4.78, 5) is 12.4. The van der Waals surface area contributed by atoms with E-state index in [9.17, 15) is 9.90 Å². The quantitative estimate of drug-likeness (QED) is 0.654. The van der Waals surface area contributed by atoms with Crippen LogP contribution in [0, 0.1) is 0 Å². The average Bonchev–Trinajstić information content (AvgIpc) is 2.23. The van der Waals surface area contributed by atoms with E-state index in [-0.39, 0.29) is 18.0 Å². The van der Waals surface area contributed by atoms with E-state index in [1.54, 1.807) is 11.0 Å². The van der Waals surface area contributed by atoms with Crippen molar-refractivity contribution < 1.29 is 20.1 Å². The van der Waals surface area contributed by atoms with Gasteiger partial charge in [-0.25, -0.2) is 0 Å². The van der Waals surface area contributed by atoms with E-state index in [2.05, 4.69) is 0 Å². The van der Waals surface area contributed by atoms with Gasteiger partial charge in [0.25, 0.3) is 0 Å². The van der Waals surface area contributed by atoms with Gasteiger partial charge in [-0.3, -0.25) is 9.69 Å². The molecule has 0 aliphatic carbocycles. The lowest BCUT2D eigenvalue weighted by Crippen LogP contribution is -2.30. The number of carbonyl (C=O) groups is 1. The predicted octanol–water partition coefficient (Wildman–Crippen LogP) is 1.39. The molecule has 0 saturated heterocycles. The van der Waals surface area contributed by atoms with Crippen molar-refractivity contribution >= 4 is 5.97 Å². The minimum atomic E-state index is -0.874. The third-order valence-electron chi connectivity index (χ3n) is 2.34. The number of hydrogen-bond acceptors (Lipinski definition) is 4. The van der Waals surface area contributed by atoms with Gasteiger partial charge in [0.1, 0.15) is 0 Å². The summed E-state index contributed by atoms with van der Waals surface area (Å²) in [7, 11) is 0. The average molecular weight is 239 g/mol. The minimum Gasteiger partial charge on any atom is -0.504 e. The molecule has 1 rings (SSSR count). The fourth-order valence-corrected chi connectivity index (χ4v) is 1.65. The van der Waals surface area contributed by atoms with Crippen LogP contribution in [0.1, 0.15) is 18.9 Å². The Morgan fingerprint density at radius 1 is 1.29 bits per heavy atom. The summed E-state index contributed by atoms with van der Waals surface area (Å²) in [6.07, 6.45) is 0.858. The van der Waals surface area contributed by atoms with Gasteiger partial charge in [-0.1, -0.05) is 13.0 Å². The first-order valence-corrected chi connectivity index (χ1v) is 5.48. The van der Waals surface area contributed by atoms with Crippen LogP contribution >= 0.6 is 0 Å². The molecule has 5 nitrogen and oxygen atoms in total. The molecule has 3 N–H and O–H groups in total. The highest BCUT2D eigenvalue weighted by Crippen LogP contribution is 2.25. The summed E-state index contributed by atoms with van der Waals surface area (Å²) >= 11 is 0. The summed E-state index contributed by atoms with van der Waals surface area (Å²) in [6, 6.07) is 4.51. The summed E-state index contributed by atoms with van der Waals surface area (Å²) in [6.45, 7) is 3.06. The van der Waals surface area contributed by atoms with Crippen LogP contribution in [0.5, 0.6) is 11.5 Å². The number of carboxylic acid groups (broad SMARTS) is 1. The Hall–Kier alpha value is -1.75. The largest absolute Gasteiger partial charge is 0.504 e. The number of aliphatic carboxylic acids is 1. The van der Waals surface area contributed by atoms with Crippen molar-refractivity contribution in [3.8, 4) is 11.5 Å². The van der Waals surface area contributed by atoms with Crippen LogP contribution in [-0.2, 0) is 11.3 Å². The number of nitrogens with zero attached hydrogens (tertiary/aromatic N) is 1. The number of rotatable bonds is 6. The Morgan fingerprint density at radius 3 is 2.53 bits per heavy atom. The second-order valence-corrected chi connectivity index (χ2v) is 3.93. The number of hydrogen-bond donors (Lipinski definition) is 3. The second kappa shape index (κ2) is 6.10. The number of phenols is 2. The molecular formula is C12H17NO4. The standard InChI is InChI=1S/C12H17NO4/c1-2-5-13(8-12(16)17)7-9-3-4-10(14)11(15)6-9/h3-4,6,14-15H,2,5,7-8H2,1H3,(H,16,17). The molecule has 0 aliphatic heterocycles. The predicted molar refractivity (Wildman–Crippen MR) is 63.0 cm³/mol. The first kappa shape index (κ1) is 13.3. The topological polar surface area (TPSA) is 81.0 Å². The molecule has 1 aromatic carbocycles. The van der Waals surface area contributed by atoms with E-state index in [1.165, 1.54) is 12.1 Å². The monoisotopic (exact) mass is 239 g/mol. The Morgan fingerprint density at radius 2 is 2.00 bits per heavy atom. The van der Waals surface area contributed by atoms with Crippen molar-refractivity contribution in [1.29, 1.82) is 0 Å². The number of benzene rings is 1. The maximum atomic E-state index is 10.7. The Balaban J connectivity index is 2.71. The molecule has 94 valence electrons. The van der Waals surface area contributed by atoms with Crippen LogP contribution in [0.25, 0.3) is 0 Å². The number of aromatic hydroxyl groups is 2. The first-order chi connectivity index (χ1) is 8.02. The van der Waals surface area contributed by atoms with Crippen LogP contribution in [0.2, 0.25) is 0 Å². The summed E-state index contributed by atoms with van der Waals surface area (Å²) in [5.41, 5.74) is 0.773. The van der Waals surface area contributed by atoms with E-state index < -0.39 is 5.97 Å². The lowest BCUT2D eigenvalue weighted by atomic mass is 10.2. The Bertz CT molecular complexity index is 392. The van der Waals surface area contributed by atoms with Crippen molar-refractivity contribution in [2.45, 2.75) is 19.9 Å². The zero-order valence-electron chi connectivity index (χ0n) is 9.76. The zero-order valence-corrected chi connectivity index (χ0v) is 9.76. The molecule has 0 saturated carbocycles. The SMILES string of the molecule is CCCN(CC(=O)O)Cc1ccc(O)c(O)c1. The first-order valence-electron chi connectivity index (χ1n) is 5.48. The Kier molecular flexibility index (Phi) is 4.78. The highest BCUT2D eigenvalue weighted by Gasteiger charge is 2.10. The zero-order chi connectivity index (χ0) is 12.8. The van der Waals surface area contributed by atoms with Crippen LogP contribution in [0.3, 0.4) is 0 Å². The van der Waals surface area contributed by atoms with Gasteiger partial charge in [0.2, 0.25) is 0 Å². The molecule has 0 aromatic heterocycles. The van der Waals surface area contributed by atoms with Crippen LogP contribution in [0.4, 0.5) is 0 Å². The van der Waals surface area contributed by atoms with Crippen LogP contribution < -0.4 is 0 Å². The molecule has 1 aromatic rings. The fraction of sp³-hybridized carbons (Fsp3) is 0.417. The molecule has 0 amide bonds. The summed E-state index contributed by atoms with van der Waals surface area (Å²) in [5.74, 6) is -1.23. The van der Waals surface area contributed by atoms with Crippen LogP contribution in [-0.4, -0.2) is 39.3 Å².